The lowest BCUT2D eigenvalue weighted by Gasteiger charge is -2.29. The van der Waals surface area contributed by atoms with Gasteiger partial charge in [0.2, 0.25) is 0 Å². The molecule has 0 radical (unpaired) electrons. The minimum atomic E-state index is -2.87. The zero-order valence-corrected chi connectivity index (χ0v) is 21.0. The van der Waals surface area contributed by atoms with Crippen LogP contribution in [0.1, 0.15) is 53.9 Å². The van der Waals surface area contributed by atoms with Crippen molar-refractivity contribution in [1.29, 1.82) is 0 Å². The number of rotatable bonds is 6. The molecule has 10 heteroatoms. The van der Waals surface area contributed by atoms with Crippen molar-refractivity contribution >= 4 is 28.5 Å². The first-order chi connectivity index (χ1) is 17.8. The van der Waals surface area contributed by atoms with Gasteiger partial charge >= 0.3 is 5.69 Å². The number of hydrogen-bond donors (Lipinski definition) is 1. The number of fused-ring (bicyclic) bond motifs is 1. The van der Waals surface area contributed by atoms with Crippen molar-refractivity contribution < 1.29 is 13.6 Å². The van der Waals surface area contributed by atoms with Crippen LogP contribution >= 0.6 is 11.6 Å². The lowest BCUT2D eigenvalue weighted by atomic mass is 9.85. The van der Waals surface area contributed by atoms with E-state index >= 15 is 0 Å². The Morgan fingerprint density at radius 3 is 2.54 bits per heavy atom. The van der Waals surface area contributed by atoms with E-state index in [0.29, 0.717) is 19.4 Å². The number of aromatic nitrogens is 4. The monoisotopic (exact) mass is 525 g/mol. The van der Waals surface area contributed by atoms with E-state index in [0.717, 1.165) is 41.5 Å². The number of nitrogens with one attached hydrogen (secondary N) is 1. The number of nitrogens with zero attached hydrogens (tertiary/aromatic N) is 4. The van der Waals surface area contributed by atoms with Gasteiger partial charge in [-0.25, -0.2) is 13.6 Å². The molecule has 3 aromatic heterocycles. The third-order valence-electron chi connectivity index (χ3n) is 6.93. The SMILES string of the molecule is Cc1cc(-n2c(=O)n(C[C@H]3CC[C@H](NC(=O)c4cc(Cl)cnc4C(F)F)CC3)c3ccccc32)ccn1. The molecule has 0 unspecified atom stereocenters. The van der Waals surface area contributed by atoms with Crippen LogP contribution in [0.25, 0.3) is 16.7 Å². The topological polar surface area (TPSA) is 81.8 Å². The van der Waals surface area contributed by atoms with Crippen molar-refractivity contribution in [2.45, 2.75) is 51.6 Å². The molecule has 7 nitrogen and oxygen atoms in total. The maximum Gasteiger partial charge on any atom is 0.333 e. The van der Waals surface area contributed by atoms with Crippen LogP contribution in [0.3, 0.4) is 0 Å². The number of carbonyl (C=O) groups is 1. The molecular formula is C27H26ClF2N5O2. The second kappa shape index (κ2) is 10.4. The number of alkyl halides is 2. The molecule has 1 aliphatic carbocycles. The molecule has 0 aliphatic heterocycles. The minimum absolute atomic E-state index is 0.102. The molecule has 1 aromatic carbocycles. The predicted molar refractivity (Wildman–Crippen MR) is 137 cm³/mol. The molecule has 3 heterocycles. The van der Waals surface area contributed by atoms with Crippen LogP contribution < -0.4 is 11.0 Å². The first kappa shape index (κ1) is 25.1. The maximum atomic E-state index is 13.5. The van der Waals surface area contributed by atoms with Gasteiger partial charge in [0.05, 0.1) is 27.3 Å². The molecule has 1 fully saturated rings. The highest BCUT2D eigenvalue weighted by Crippen LogP contribution is 2.29. The van der Waals surface area contributed by atoms with E-state index in [1.165, 1.54) is 6.07 Å². The standard InChI is InChI=1S/C27H26ClF2N5O2/c1-16-12-20(10-11-31-16)35-23-5-3-2-4-22(23)34(27(35)37)15-17-6-8-19(9-7-17)33-26(36)21-13-18(28)14-32-24(21)25(29)30/h2-5,10-14,17,19,25H,6-9,15H2,1H3,(H,33,36)/t17-,19-. The summed E-state index contributed by atoms with van der Waals surface area (Å²) < 4.78 is 30.2. The highest BCUT2D eigenvalue weighted by atomic mass is 35.5. The number of imidazole rings is 1. The largest absolute Gasteiger partial charge is 0.349 e. The van der Waals surface area contributed by atoms with E-state index in [-0.39, 0.29) is 28.2 Å². The summed E-state index contributed by atoms with van der Waals surface area (Å²) in [6.07, 6.45) is 2.89. The molecule has 192 valence electrons. The molecule has 5 rings (SSSR count). The van der Waals surface area contributed by atoms with E-state index in [9.17, 15) is 18.4 Å². The first-order valence-corrected chi connectivity index (χ1v) is 12.6. The Labute approximate surface area is 217 Å². The third-order valence-corrected chi connectivity index (χ3v) is 7.14. The molecule has 1 saturated carbocycles. The number of amides is 1. The average molecular weight is 526 g/mol. The van der Waals surface area contributed by atoms with Gasteiger partial charge in [0.25, 0.3) is 12.3 Å². The van der Waals surface area contributed by atoms with Crippen molar-refractivity contribution in [1.82, 2.24) is 24.4 Å². The minimum Gasteiger partial charge on any atom is -0.349 e. The van der Waals surface area contributed by atoms with Crippen LogP contribution in [-0.4, -0.2) is 31.1 Å². The zero-order chi connectivity index (χ0) is 26.1. The molecular weight excluding hydrogens is 500 g/mol. The lowest BCUT2D eigenvalue weighted by Crippen LogP contribution is -2.39. The van der Waals surface area contributed by atoms with Crippen molar-refractivity contribution in [3.63, 3.8) is 0 Å². The van der Waals surface area contributed by atoms with Gasteiger partial charge < -0.3 is 5.32 Å². The fourth-order valence-corrected chi connectivity index (χ4v) is 5.28. The van der Waals surface area contributed by atoms with Gasteiger partial charge in [-0.2, -0.15) is 0 Å². The number of halogens is 3. The third kappa shape index (κ3) is 5.13. The Bertz CT molecular complexity index is 1510. The van der Waals surface area contributed by atoms with E-state index in [2.05, 4.69) is 15.3 Å². The fraction of sp³-hybridized carbons (Fsp3) is 0.333. The Hall–Kier alpha value is -3.59. The van der Waals surface area contributed by atoms with Crippen molar-refractivity contribution in [3.05, 3.63) is 87.3 Å². The molecule has 0 saturated heterocycles. The van der Waals surface area contributed by atoms with Crippen molar-refractivity contribution in [3.8, 4) is 5.69 Å². The van der Waals surface area contributed by atoms with Gasteiger partial charge in [-0.3, -0.25) is 23.9 Å². The zero-order valence-electron chi connectivity index (χ0n) is 20.2. The van der Waals surface area contributed by atoms with Gasteiger partial charge in [-0.15, -0.1) is 0 Å². The van der Waals surface area contributed by atoms with Crippen molar-refractivity contribution in [2.75, 3.05) is 0 Å². The van der Waals surface area contributed by atoms with Crippen LogP contribution in [0.5, 0.6) is 0 Å². The normalized spacial score (nSPS) is 17.9. The summed E-state index contributed by atoms with van der Waals surface area (Å²) in [4.78, 5) is 34.1. The summed E-state index contributed by atoms with van der Waals surface area (Å²) in [6.45, 7) is 2.45. The molecule has 0 bridgehead atoms. The number of benzene rings is 1. The lowest BCUT2D eigenvalue weighted by molar-refractivity contribution is 0.0904. The summed E-state index contributed by atoms with van der Waals surface area (Å²) in [7, 11) is 0. The summed E-state index contributed by atoms with van der Waals surface area (Å²) in [5, 5.41) is 2.99. The Morgan fingerprint density at radius 2 is 1.84 bits per heavy atom. The molecule has 4 aromatic rings. The molecule has 1 N–H and O–H groups in total. The van der Waals surface area contributed by atoms with Crippen LogP contribution in [0.2, 0.25) is 5.02 Å². The number of aryl methyl sites for hydroxylation is 1. The molecule has 1 aliphatic rings. The van der Waals surface area contributed by atoms with Gasteiger partial charge in [0.1, 0.15) is 5.69 Å². The second-order valence-corrected chi connectivity index (χ2v) is 9.89. The summed E-state index contributed by atoms with van der Waals surface area (Å²) in [6, 6.07) is 12.5. The van der Waals surface area contributed by atoms with Crippen LogP contribution in [0, 0.1) is 12.8 Å². The van der Waals surface area contributed by atoms with Crippen LogP contribution in [-0.2, 0) is 6.54 Å². The smallest absolute Gasteiger partial charge is 0.333 e. The number of para-hydroxylation sites is 2. The van der Waals surface area contributed by atoms with Gasteiger partial charge in [-0.1, -0.05) is 23.7 Å². The van der Waals surface area contributed by atoms with E-state index in [4.69, 9.17) is 11.6 Å². The summed E-state index contributed by atoms with van der Waals surface area (Å²) in [5.41, 5.74) is 2.43. The van der Waals surface area contributed by atoms with Crippen LogP contribution in [0.4, 0.5) is 8.78 Å². The number of pyridine rings is 2. The van der Waals surface area contributed by atoms with Crippen LogP contribution in [0.15, 0.2) is 59.7 Å². The maximum absolute atomic E-state index is 13.5. The highest BCUT2D eigenvalue weighted by Gasteiger charge is 2.27. The second-order valence-electron chi connectivity index (χ2n) is 9.45. The Kier molecular flexibility index (Phi) is 7.06. The molecule has 0 atom stereocenters. The Morgan fingerprint density at radius 1 is 1.11 bits per heavy atom. The highest BCUT2D eigenvalue weighted by molar-refractivity contribution is 6.30. The quantitative estimate of drug-likeness (QED) is 0.362. The molecule has 1 amide bonds. The Balaban J connectivity index is 1.30. The van der Waals surface area contributed by atoms with E-state index < -0.39 is 18.0 Å². The average Bonchev–Trinajstić information content (AvgIpc) is 3.16. The van der Waals surface area contributed by atoms with Gasteiger partial charge in [-0.05, 0) is 68.9 Å². The van der Waals surface area contributed by atoms with Gasteiger partial charge in [0, 0.05) is 30.7 Å². The number of carbonyl (C=O) groups excluding carboxylic acids is 1. The fourth-order valence-electron chi connectivity index (χ4n) is 5.12. The van der Waals surface area contributed by atoms with E-state index in [1.807, 2.05) is 47.9 Å². The van der Waals surface area contributed by atoms with E-state index in [1.54, 1.807) is 10.8 Å². The summed E-state index contributed by atoms with van der Waals surface area (Å²) >= 11 is 5.89. The summed E-state index contributed by atoms with van der Waals surface area (Å²) in [5.74, 6) is -0.352. The number of hydrogen-bond acceptors (Lipinski definition) is 4. The molecule has 37 heavy (non-hydrogen) atoms. The molecule has 0 spiro atoms. The van der Waals surface area contributed by atoms with Crippen molar-refractivity contribution in [2.24, 2.45) is 5.92 Å². The first-order valence-electron chi connectivity index (χ1n) is 12.2. The predicted octanol–water partition coefficient (Wildman–Crippen LogP) is 5.47. The van der Waals surface area contributed by atoms with Gasteiger partial charge in [0.15, 0.2) is 0 Å².